The molecule has 8 nitrogen and oxygen atoms in total. The zero-order valence-electron chi connectivity index (χ0n) is 18.8. The van der Waals surface area contributed by atoms with Crippen molar-refractivity contribution < 1.29 is 19.0 Å². The number of hydrogen-bond donors (Lipinski definition) is 0. The molecule has 0 radical (unpaired) electrons. The van der Waals surface area contributed by atoms with Crippen LogP contribution in [0.4, 0.5) is 5.82 Å². The highest BCUT2D eigenvalue weighted by molar-refractivity contribution is 5.78. The molecule has 0 saturated carbocycles. The van der Waals surface area contributed by atoms with Crippen LogP contribution >= 0.6 is 0 Å². The van der Waals surface area contributed by atoms with Gasteiger partial charge >= 0.3 is 0 Å². The number of hydrogen-bond acceptors (Lipinski definition) is 7. The van der Waals surface area contributed by atoms with Crippen molar-refractivity contribution >= 4 is 11.7 Å². The summed E-state index contributed by atoms with van der Waals surface area (Å²) >= 11 is 0. The Morgan fingerprint density at radius 3 is 2.55 bits per heavy atom. The highest BCUT2D eigenvalue weighted by Crippen LogP contribution is 2.35. The second kappa shape index (κ2) is 8.97. The quantitative estimate of drug-likeness (QED) is 0.596. The number of piperazine rings is 1. The van der Waals surface area contributed by atoms with Crippen molar-refractivity contribution in [2.75, 3.05) is 44.5 Å². The molecule has 8 heteroatoms. The van der Waals surface area contributed by atoms with E-state index >= 15 is 0 Å². The number of amides is 1. The molecule has 0 aliphatic carbocycles. The Hall–Kier alpha value is -3.81. The molecule has 0 N–H and O–H groups in total. The Balaban J connectivity index is 1.15. The van der Waals surface area contributed by atoms with Crippen molar-refractivity contribution in [3.8, 4) is 28.5 Å². The molecule has 5 rings (SSSR count). The number of carbonyl (C=O) groups excluding carboxylic acids is 1. The molecule has 2 aliphatic heterocycles. The van der Waals surface area contributed by atoms with Crippen LogP contribution < -0.4 is 19.1 Å². The maximum absolute atomic E-state index is 12.6. The number of carbonyl (C=O) groups is 1. The van der Waals surface area contributed by atoms with Crippen LogP contribution in [0, 0.1) is 13.8 Å². The molecule has 3 heterocycles. The molecule has 1 aromatic heterocycles. The molecule has 2 aliphatic rings. The third-order valence-corrected chi connectivity index (χ3v) is 5.97. The van der Waals surface area contributed by atoms with Gasteiger partial charge in [0.1, 0.15) is 5.75 Å². The number of aryl methyl sites for hydroxylation is 2. The minimum Gasteiger partial charge on any atom is -0.483 e. The fourth-order valence-electron chi connectivity index (χ4n) is 3.98. The van der Waals surface area contributed by atoms with Crippen molar-refractivity contribution in [3.05, 3.63) is 59.7 Å². The van der Waals surface area contributed by atoms with E-state index in [2.05, 4.69) is 15.1 Å². The SMILES string of the molecule is Cc1ccc(C)c(OCC(=O)N2CCN(c3ccc(-c4ccc5c(c4)OCO5)nn3)CC2)c1. The first-order chi connectivity index (χ1) is 16.1. The highest BCUT2D eigenvalue weighted by atomic mass is 16.7. The standard InChI is InChI=1S/C25H26N4O4/c1-17-3-4-18(2)22(13-17)31-15-25(30)29-11-9-28(10-12-29)24-8-6-20(26-27-24)19-5-7-21-23(14-19)33-16-32-21/h3-8,13-14H,9-12,15-16H2,1-2H3. The van der Waals surface area contributed by atoms with Gasteiger partial charge in [-0.1, -0.05) is 12.1 Å². The number of aromatic nitrogens is 2. The van der Waals surface area contributed by atoms with Crippen molar-refractivity contribution in [1.29, 1.82) is 0 Å². The zero-order valence-corrected chi connectivity index (χ0v) is 18.8. The summed E-state index contributed by atoms with van der Waals surface area (Å²) in [6, 6.07) is 15.7. The largest absolute Gasteiger partial charge is 0.483 e. The van der Waals surface area contributed by atoms with Gasteiger partial charge in [0.25, 0.3) is 5.91 Å². The van der Waals surface area contributed by atoms with E-state index in [0.717, 1.165) is 45.5 Å². The topological polar surface area (TPSA) is 77.0 Å². The van der Waals surface area contributed by atoms with E-state index in [1.165, 1.54) is 0 Å². The van der Waals surface area contributed by atoms with Gasteiger partial charge in [-0.05, 0) is 61.4 Å². The van der Waals surface area contributed by atoms with Crippen molar-refractivity contribution in [1.82, 2.24) is 15.1 Å². The molecule has 0 spiro atoms. The van der Waals surface area contributed by atoms with E-state index < -0.39 is 0 Å². The third kappa shape index (κ3) is 4.55. The monoisotopic (exact) mass is 446 g/mol. The molecule has 33 heavy (non-hydrogen) atoms. The van der Waals surface area contributed by atoms with Crippen LogP contribution in [0.5, 0.6) is 17.2 Å². The molecule has 1 fully saturated rings. The highest BCUT2D eigenvalue weighted by Gasteiger charge is 2.23. The molecule has 2 aromatic carbocycles. The summed E-state index contributed by atoms with van der Waals surface area (Å²) in [6.07, 6.45) is 0. The number of anilines is 1. The zero-order chi connectivity index (χ0) is 22.8. The molecular weight excluding hydrogens is 420 g/mol. The normalized spacial score (nSPS) is 15.0. The van der Waals surface area contributed by atoms with Gasteiger partial charge in [-0.25, -0.2) is 0 Å². The number of fused-ring (bicyclic) bond motifs is 1. The average molecular weight is 447 g/mol. The van der Waals surface area contributed by atoms with Crippen LogP contribution in [0.1, 0.15) is 11.1 Å². The lowest BCUT2D eigenvalue weighted by atomic mass is 10.1. The minimum absolute atomic E-state index is 0.000189. The summed E-state index contributed by atoms with van der Waals surface area (Å²) in [5.74, 6) is 3.04. The summed E-state index contributed by atoms with van der Waals surface area (Å²) < 4.78 is 16.6. The van der Waals surface area contributed by atoms with Gasteiger partial charge in [0, 0.05) is 31.7 Å². The van der Waals surface area contributed by atoms with Gasteiger partial charge in [-0.2, -0.15) is 0 Å². The smallest absolute Gasteiger partial charge is 0.260 e. The molecule has 0 unspecified atom stereocenters. The van der Waals surface area contributed by atoms with Gasteiger partial charge in [-0.15, -0.1) is 10.2 Å². The van der Waals surface area contributed by atoms with Crippen LogP contribution in [-0.2, 0) is 4.79 Å². The fraction of sp³-hybridized carbons (Fsp3) is 0.320. The van der Waals surface area contributed by atoms with E-state index in [1.807, 2.05) is 67.3 Å². The third-order valence-electron chi connectivity index (χ3n) is 5.97. The van der Waals surface area contributed by atoms with Gasteiger partial charge < -0.3 is 24.0 Å². The van der Waals surface area contributed by atoms with Crippen LogP contribution in [0.2, 0.25) is 0 Å². The first kappa shape index (κ1) is 21.1. The fourth-order valence-corrected chi connectivity index (χ4v) is 3.98. The van der Waals surface area contributed by atoms with Gasteiger partial charge in [0.05, 0.1) is 5.69 Å². The predicted octanol–water partition coefficient (Wildman–Crippen LogP) is 3.22. The van der Waals surface area contributed by atoms with E-state index in [-0.39, 0.29) is 19.3 Å². The maximum atomic E-state index is 12.6. The van der Waals surface area contributed by atoms with E-state index in [9.17, 15) is 4.79 Å². The Kier molecular flexibility index (Phi) is 5.73. The molecule has 3 aromatic rings. The van der Waals surface area contributed by atoms with Crippen LogP contribution in [0.15, 0.2) is 48.5 Å². The summed E-state index contributed by atoms with van der Waals surface area (Å²) in [4.78, 5) is 16.6. The second-order valence-electron chi connectivity index (χ2n) is 8.27. The lowest BCUT2D eigenvalue weighted by Gasteiger charge is -2.35. The lowest BCUT2D eigenvalue weighted by Crippen LogP contribution is -2.50. The molecule has 1 saturated heterocycles. The Morgan fingerprint density at radius 2 is 1.76 bits per heavy atom. The average Bonchev–Trinajstić information content (AvgIpc) is 3.33. The summed E-state index contributed by atoms with van der Waals surface area (Å²) in [6.45, 7) is 6.94. The molecule has 0 atom stereocenters. The van der Waals surface area contributed by atoms with Crippen molar-refractivity contribution in [3.63, 3.8) is 0 Å². The summed E-state index contributed by atoms with van der Waals surface area (Å²) in [7, 11) is 0. The lowest BCUT2D eigenvalue weighted by molar-refractivity contribution is -0.133. The Morgan fingerprint density at radius 1 is 0.939 bits per heavy atom. The maximum Gasteiger partial charge on any atom is 0.260 e. The van der Waals surface area contributed by atoms with Gasteiger partial charge in [-0.3, -0.25) is 4.79 Å². The minimum atomic E-state index is -0.000189. The van der Waals surface area contributed by atoms with Gasteiger partial charge in [0.2, 0.25) is 6.79 Å². The number of ether oxygens (including phenoxy) is 3. The number of benzene rings is 2. The molecule has 170 valence electrons. The summed E-state index contributed by atoms with van der Waals surface area (Å²) in [5.41, 5.74) is 3.84. The van der Waals surface area contributed by atoms with Crippen LogP contribution in [0.25, 0.3) is 11.3 Å². The van der Waals surface area contributed by atoms with E-state index in [4.69, 9.17) is 14.2 Å². The van der Waals surface area contributed by atoms with E-state index in [0.29, 0.717) is 26.2 Å². The Labute approximate surface area is 192 Å². The molecule has 0 bridgehead atoms. The van der Waals surface area contributed by atoms with E-state index in [1.54, 1.807) is 0 Å². The first-order valence-electron chi connectivity index (χ1n) is 11.0. The first-order valence-corrected chi connectivity index (χ1v) is 11.0. The molecular formula is C25H26N4O4. The molecule has 1 amide bonds. The van der Waals surface area contributed by atoms with Crippen LogP contribution in [-0.4, -0.2) is 60.6 Å². The Bertz CT molecular complexity index is 1160. The van der Waals surface area contributed by atoms with Crippen molar-refractivity contribution in [2.24, 2.45) is 0 Å². The van der Waals surface area contributed by atoms with Crippen LogP contribution in [0.3, 0.4) is 0 Å². The summed E-state index contributed by atoms with van der Waals surface area (Å²) in [5, 5.41) is 8.81. The van der Waals surface area contributed by atoms with Crippen molar-refractivity contribution in [2.45, 2.75) is 13.8 Å². The number of rotatable bonds is 5. The second-order valence-corrected chi connectivity index (χ2v) is 8.27. The number of nitrogens with zero attached hydrogens (tertiary/aromatic N) is 4. The predicted molar refractivity (Wildman–Crippen MR) is 124 cm³/mol. The van der Waals surface area contributed by atoms with Gasteiger partial charge in [0.15, 0.2) is 23.9 Å².